The van der Waals surface area contributed by atoms with Crippen LogP contribution in [0.25, 0.3) is 0 Å². The first-order chi connectivity index (χ1) is 9.06. The maximum atomic E-state index is 10.6. The number of benzene rings is 1. The summed E-state index contributed by atoms with van der Waals surface area (Å²) < 4.78 is 0.691. The molecular formula is C12H12BrN3O2S. The molecule has 0 fully saturated rings. The molecule has 0 aliphatic heterocycles. The van der Waals surface area contributed by atoms with E-state index < -0.39 is 4.92 Å². The zero-order valence-corrected chi connectivity index (χ0v) is 12.6. The third kappa shape index (κ3) is 3.74. The maximum absolute atomic E-state index is 10.6. The lowest BCUT2D eigenvalue weighted by atomic mass is 10.2. The largest absolute Gasteiger partial charge is 0.384 e. The Kier molecular flexibility index (Phi) is 4.49. The van der Waals surface area contributed by atoms with Gasteiger partial charge in [-0.2, -0.15) is 0 Å². The van der Waals surface area contributed by atoms with E-state index in [0.29, 0.717) is 4.47 Å². The van der Waals surface area contributed by atoms with E-state index in [9.17, 15) is 10.1 Å². The van der Waals surface area contributed by atoms with Crippen LogP contribution in [0.4, 0.5) is 11.4 Å². The number of rotatable bonds is 5. The van der Waals surface area contributed by atoms with E-state index in [1.807, 2.05) is 12.3 Å². The van der Waals surface area contributed by atoms with Gasteiger partial charge in [-0.25, -0.2) is 4.98 Å². The zero-order valence-electron chi connectivity index (χ0n) is 10.2. The molecule has 5 nitrogen and oxygen atoms in total. The number of nitro benzene ring substituents is 1. The highest BCUT2D eigenvalue weighted by molar-refractivity contribution is 9.10. The Bertz CT molecular complexity index is 600. The van der Waals surface area contributed by atoms with Crippen molar-refractivity contribution >= 4 is 38.6 Å². The van der Waals surface area contributed by atoms with Gasteiger partial charge in [0.15, 0.2) is 0 Å². The van der Waals surface area contributed by atoms with E-state index >= 15 is 0 Å². The molecule has 19 heavy (non-hydrogen) atoms. The van der Waals surface area contributed by atoms with E-state index in [4.69, 9.17) is 0 Å². The average molecular weight is 342 g/mol. The number of nitro groups is 1. The molecule has 0 saturated carbocycles. The van der Waals surface area contributed by atoms with Gasteiger partial charge in [-0.3, -0.25) is 10.1 Å². The molecule has 1 heterocycles. The third-order valence-electron chi connectivity index (χ3n) is 2.53. The van der Waals surface area contributed by atoms with E-state index in [1.54, 1.807) is 17.4 Å². The standard InChI is InChI=1S/C12H12BrN3O2S/c1-8-15-9(7-19-8)4-5-14-12-3-2-10(16(17)18)6-11(12)13/h2-3,6-7,14H,4-5H2,1H3. The van der Waals surface area contributed by atoms with Gasteiger partial charge in [0, 0.05) is 40.6 Å². The van der Waals surface area contributed by atoms with Crippen molar-refractivity contribution in [2.45, 2.75) is 13.3 Å². The molecule has 2 rings (SSSR count). The highest BCUT2D eigenvalue weighted by atomic mass is 79.9. The summed E-state index contributed by atoms with van der Waals surface area (Å²) in [6.45, 7) is 2.72. The van der Waals surface area contributed by atoms with E-state index in [0.717, 1.165) is 29.4 Å². The molecule has 1 aromatic carbocycles. The number of halogens is 1. The number of nitrogens with zero attached hydrogens (tertiary/aromatic N) is 2. The number of thiazole rings is 1. The summed E-state index contributed by atoms with van der Waals surface area (Å²) in [7, 11) is 0. The second-order valence-corrected chi connectivity index (χ2v) is 5.87. The summed E-state index contributed by atoms with van der Waals surface area (Å²) in [5.74, 6) is 0. The van der Waals surface area contributed by atoms with Gasteiger partial charge in [0.2, 0.25) is 0 Å². The quantitative estimate of drug-likeness (QED) is 0.663. The SMILES string of the molecule is Cc1nc(CCNc2ccc([N+](=O)[O-])cc2Br)cs1. The number of hydrogen-bond acceptors (Lipinski definition) is 5. The summed E-state index contributed by atoms with van der Waals surface area (Å²) in [4.78, 5) is 14.6. The molecule has 0 amide bonds. The number of hydrogen-bond donors (Lipinski definition) is 1. The van der Waals surface area contributed by atoms with Crippen LogP contribution in [0.3, 0.4) is 0 Å². The fourth-order valence-electron chi connectivity index (χ4n) is 1.61. The lowest BCUT2D eigenvalue weighted by molar-refractivity contribution is -0.384. The molecule has 0 bridgehead atoms. The molecular weight excluding hydrogens is 330 g/mol. The number of nitrogens with one attached hydrogen (secondary N) is 1. The minimum absolute atomic E-state index is 0.0764. The summed E-state index contributed by atoms with van der Waals surface area (Å²) in [6.07, 6.45) is 0.827. The first-order valence-corrected chi connectivity index (χ1v) is 7.32. The van der Waals surface area contributed by atoms with Crippen molar-refractivity contribution in [1.82, 2.24) is 4.98 Å². The Labute approximate surface area is 123 Å². The molecule has 1 aromatic heterocycles. The van der Waals surface area contributed by atoms with Gasteiger partial charge in [0.1, 0.15) is 0 Å². The number of aryl methyl sites for hydroxylation is 1. The van der Waals surface area contributed by atoms with Crippen LogP contribution in [0, 0.1) is 17.0 Å². The van der Waals surface area contributed by atoms with Gasteiger partial charge >= 0.3 is 0 Å². The van der Waals surface area contributed by atoms with Crippen LogP contribution in [0.5, 0.6) is 0 Å². The maximum Gasteiger partial charge on any atom is 0.270 e. The lowest BCUT2D eigenvalue weighted by Crippen LogP contribution is -2.05. The molecule has 100 valence electrons. The Hall–Kier alpha value is -1.47. The first-order valence-electron chi connectivity index (χ1n) is 5.65. The van der Waals surface area contributed by atoms with Gasteiger partial charge < -0.3 is 5.32 Å². The predicted octanol–water partition coefficient (Wildman–Crippen LogP) is 3.78. The van der Waals surface area contributed by atoms with Crippen molar-refractivity contribution in [3.8, 4) is 0 Å². The first kappa shape index (κ1) is 14.0. The second kappa shape index (κ2) is 6.12. The van der Waals surface area contributed by atoms with E-state index in [-0.39, 0.29) is 5.69 Å². The topological polar surface area (TPSA) is 68.1 Å². The molecule has 0 aliphatic rings. The second-order valence-electron chi connectivity index (χ2n) is 3.96. The van der Waals surface area contributed by atoms with Crippen molar-refractivity contribution in [3.63, 3.8) is 0 Å². The molecule has 0 atom stereocenters. The minimum atomic E-state index is -0.410. The Morgan fingerprint density at radius 3 is 2.89 bits per heavy atom. The van der Waals surface area contributed by atoms with E-state index in [1.165, 1.54) is 12.1 Å². The van der Waals surface area contributed by atoms with Gasteiger partial charge in [0.05, 0.1) is 15.6 Å². The van der Waals surface area contributed by atoms with Crippen LogP contribution < -0.4 is 5.32 Å². The summed E-state index contributed by atoms with van der Waals surface area (Å²) in [6, 6.07) is 4.68. The van der Waals surface area contributed by atoms with Crippen molar-refractivity contribution < 1.29 is 4.92 Å². The molecule has 2 aromatic rings. The van der Waals surface area contributed by atoms with Crippen LogP contribution in [-0.4, -0.2) is 16.5 Å². The smallest absolute Gasteiger partial charge is 0.270 e. The molecule has 0 saturated heterocycles. The zero-order chi connectivity index (χ0) is 13.8. The van der Waals surface area contributed by atoms with E-state index in [2.05, 4.69) is 26.2 Å². The van der Waals surface area contributed by atoms with Crippen LogP contribution in [0.1, 0.15) is 10.7 Å². The predicted molar refractivity (Wildman–Crippen MR) is 79.8 cm³/mol. The van der Waals surface area contributed by atoms with Crippen molar-refractivity contribution in [2.75, 3.05) is 11.9 Å². The van der Waals surface area contributed by atoms with Crippen LogP contribution in [-0.2, 0) is 6.42 Å². The minimum Gasteiger partial charge on any atom is -0.384 e. The highest BCUT2D eigenvalue weighted by Gasteiger charge is 2.08. The molecule has 0 unspecified atom stereocenters. The van der Waals surface area contributed by atoms with Crippen LogP contribution >= 0.6 is 27.3 Å². The number of non-ortho nitro benzene ring substituents is 1. The summed E-state index contributed by atoms with van der Waals surface area (Å²) in [5, 5.41) is 17.0. The van der Waals surface area contributed by atoms with Crippen LogP contribution in [0.2, 0.25) is 0 Å². The average Bonchev–Trinajstić information content (AvgIpc) is 2.77. The highest BCUT2D eigenvalue weighted by Crippen LogP contribution is 2.27. The Morgan fingerprint density at radius 1 is 1.53 bits per heavy atom. The van der Waals surface area contributed by atoms with Gasteiger partial charge in [0.25, 0.3) is 5.69 Å². The van der Waals surface area contributed by atoms with Gasteiger partial charge in [-0.1, -0.05) is 0 Å². The Morgan fingerprint density at radius 2 is 2.32 bits per heavy atom. The van der Waals surface area contributed by atoms with Crippen molar-refractivity contribution in [1.29, 1.82) is 0 Å². The Balaban J connectivity index is 1.94. The molecule has 7 heteroatoms. The molecule has 1 N–H and O–H groups in total. The fraction of sp³-hybridized carbons (Fsp3) is 0.250. The van der Waals surface area contributed by atoms with Crippen molar-refractivity contribution in [2.24, 2.45) is 0 Å². The summed E-state index contributed by atoms with van der Waals surface area (Å²) in [5.41, 5.74) is 1.98. The number of anilines is 1. The normalized spacial score (nSPS) is 10.4. The molecule has 0 spiro atoms. The van der Waals surface area contributed by atoms with Crippen molar-refractivity contribution in [3.05, 3.63) is 48.9 Å². The third-order valence-corrected chi connectivity index (χ3v) is 4.01. The fourth-order valence-corrected chi connectivity index (χ4v) is 2.76. The lowest BCUT2D eigenvalue weighted by Gasteiger charge is -2.07. The molecule has 0 radical (unpaired) electrons. The van der Waals surface area contributed by atoms with Gasteiger partial charge in [-0.15, -0.1) is 11.3 Å². The van der Waals surface area contributed by atoms with Gasteiger partial charge in [-0.05, 0) is 28.9 Å². The summed E-state index contributed by atoms with van der Waals surface area (Å²) >= 11 is 4.96. The van der Waals surface area contributed by atoms with Crippen LogP contribution in [0.15, 0.2) is 28.1 Å². The monoisotopic (exact) mass is 341 g/mol. The number of aromatic nitrogens is 1. The molecule has 0 aliphatic carbocycles.